The Balaban J connectivity index is 2.13. The van der Waals surface area contributed by atoms with Crippen molar-refractivity contribution >= 4 is 17.3 Å². The molecular weight excluding hydrogens is 290 g/mol. The van der Waals surface area contributed by atoms with Crippen molar-refractivity contribution in [1.29, 1.82) is 0 Å². The van der Waals surface area contributed by atoms with E-state index in [1.54, 1.807) is 6.07 Å². The van der Waals surface area contributed by atoms with Crippen molar-refractivity contribution in [2.45, 2.75) is 45.3 Å². The lowest BCUT2D eigenvalue weighted by molar-refractivity contribution is -0.384. The Kier molecular flexibility index (Phi) is 5.56. The molecule has 0 aromatic heterocycles. The van der Waals surface area contributed by atoms with Gasteiger partial charge in [-0.1, -0.05) is 25.4 Å². The van der Waals surface area contributed by atoms with E-state index < -0.39 is 4.92 Å². The van der Waals surface area contributed by atoms with Crippen LogP contribution in [0.25, 0.3) is 0 Å². The molecule has 1 aromatic carbocycles. The topological polar surface area (TPSA) is 58.4 Å². The molecule has 0 saturated carbocycles. The molecule has 0 radical (unpaired) electrons. The van der Waals surface area contributed by atoms with E-state index in [0.717, 1.165) is 38.0 Å². The van der Waals surface area contributed by atoms with Gasteiger partial charge in [0.05, 0.1) is 9.95 Å². The molecular formula is C15H22ClN3O2. The monoisotopic (exact) mass is 311 g/mol. The van der Waals surface area contributed by atoms with Gasteiger partial charge in [0, 0.05) is 43.9 Å². The summed E-state index contributed by atoms with van der Waals surface area (Å²) < 4.78 is 0. The number of hydrogen-bond acceptors (Lipinski definition) is 4. The molecule has 116 valence electrons. The summed E-state index contributed by atoms with van der Waals surface area (Å²) >= 11 is 6.21. The first-order valence-electron chi connectivity index (χ1n) is 7.45. The highest BCUT2D eigenvalue weighted by Gasteiger charge is 2.26. The second-order valence-corrected chi connectivity index (χ2v) is 5.94. The molecule has 1 aliphatic rings. The van der Waals surface area contributed by atoms with Gasteiger partial charge in [-0.15, -0.1) is 0 Å². The van der Waals surface area contributed by atoms with E-state index in [-0.39, 0.29) is 5.69 Å². The summed E-state index contributed by atoms with van der Waals surface area (Å²) in [6.45, 7) is 7.08. The Labute approximate surface area is 130 Å². The molecule has 2 unspecified atom stereocenters. The molecule has 0 amide bonds. The highest BCUT2D eigenvalue weighted by atomic mass is 35.5. The van der Waals surface area contributed by atoms with Crippen molar-refractivity contribution in [2.24, 2.45) is 0 Å². The molecule has 1 aliphatic heterocycles. The third-order valence-electron chi connectivity index (χ3n) is 4.20. The molecule has 5 nitrogen and oxygen atoms in total. The molecule has 1 saturated heterocycles. The predicted octanol–water partition coefficient (Wildman–Crippen LogP) is 3.21. The second kappa shape index (κ2) is 7.20. The van der Waals surface area contributed by atoms with Gasteiger partial charge in [-0.05, 0) is 24.5 Å². The van der Waals surface area contributed by atoms with Crippen molar-refractivity contribution in [2.75, 3.05) is 13.1 Å². The Morgan fingerprint density at radius 3 is 2.76 bits per heavy atom. The maximum Gasteiger partial charge on any atom is 0.270 e. The lowest BCUT2D eigenvalue weighted by atomic mass is 10.0. The van der Waals surface area contributed by atoms with E-state index in [9.17, 15) is 10.1 Å². The van der Waals surface area contributed by atoms with Crippen molar-refractivity contribution < 1.29 is 4.92 Å². The van der Waals surface area contributed by atoms with Crippen LogP contribution < -0.4 is 5.32 Å². The average molecular weight is 312 g/mol. The molecule has 1 heterocycles. The van der Waals surface area contributed by atoms with Crippen LogP contribution in [0.15, 0.2) is 18.2 Å². The third-order valence-corrected chi connectivity index (χ3v) is 4.55. The van der Waals surface area contributed by atoms with E-state index in [1.165, 1.54) is 12.1 Å². The summed E-state index contributed by atoms with van der Waals surface area (Å²) in [6, 6.07) is 5.73. The van der Waals surface area contributed by atoms with Crippen molar-refractivity contribution in [3.63, 3.8) is 0 Å². The van der Waals surface area contributed by atoms with Crippen molar-refractivity contribution in [1.82, 2.24) is 10.2 Å². The third kappa shape index (κ3) is 3.93. The van der Waals surface area contributed by atoms with E-state index in [4.69, 9.17) is 11.6 Å². The van der Waals surface area contributed by atoms with Crippen LogP contribution in [0.3, 0.4) is 0 Å². The minimum atomic E-state index is -0.414. The molecule has 0 spiro atoms. The van der Waals surface area contributed by atoms with Gasteiger partial charge in [-0.3, -0.25) is 15.0 Å². The highest BCUT2D eigenvalue weighted by molar-refractivity contribution is 6.31. The van der Waals surface area contributed by atoms with Crippen molar-refractivity contribution in [3.8, 4) is 0 Å². The zero-order valence-electron chi connectivity index (χ0n) is 12.5. The Bertz CT molecular complexity index is 510. The number of nitro groups is 1. The summed E-state index contributed by atoms with van der Waals surface area (Å²) in [5.41, 5.74) is 1.00. The van der Waals surface area contributed by atoms with Crippen LogP contribution in [-0.2, 0) is 6.54 Å². The molecule has 2 atom stereocenters. The van der Waals surface area contributed by atoms with Crippen molar-refractivity contribution in [3.05, 3.63) is 38.9 Å². The lowest BCUT2D eigenvalue weighted by Crippen LogP contribution is -2.55. The van der Waals surface area contributed by atoms with Gasteiger partial charge < -0.3 is 5.32 Å². The number of benzene rings is 1. The first-order chi connectivity index (χ1) is 10.0. The summed E-state index contributed by atoms with van der Waals surface area (Å²) in [5, 5.41) is 14.8. The zero-order chi connectivity index (χ0) is 15.4. The number of nitro benzene ring substituents is 1. The molecule has 1 aromatic rings. The molecule has 21 heavy (non-hydrogen) atoms. The Morgan fingerprint density at radius 2 is 2.19 bits per heavy atom. The summed E-state index contributed by atoms with van der Waals surface area (Å²) in [6.07, 6.45) is 2.18. The number of nitrogens with zero attached hydrogens (tertiary/aromatic N) is 2. The zero-order valence-corrected chi connectivity index (χ0v) is 13.3. The minimum absolute atomic E-state index is 0.0440. The van der Waals surface area contributed by atoms with Crippen LogP contribution in [0.4, 0.5) is 5.69 Å². The first-order valence-corrected chi connectivity index (χ1v) is 7.83. The average Bonchev–Trinajstić information content (AvgIpc) is 2.49. The first kappa shape index (κ1) is 16.2. The highest BCUT2D eigenvalue weighted by Crippen LogP contribution is 2.25. The largest absolute Gasteiger partial charge is 0.311 e. The molecule has 0 bridgehead atoms. The van der Waals surface area contributed by atoms with Gasteiger partial charge >= 0.3 is 0 Å². The molecule has 2 rings (SSSR count). The molecule has 0 aliphatic carbocycles. The van der Waals surface area contributed by atoms with Gasteiger partial charge in [0.2, 0.25) is 0 Å². The maximum atomic E-state index is 10.8. The quantitative estimate of drug-likeness (QED) is 0.670. The summed E-state index contributed by atoms with van der Waals surface area (Å²) in [4.78, 5) is 12.8. The smallest absolute Gasteiger partial charge is 0.270 e. The molecule has 1 N–H and O–H groups in total. The van der Waals surface area contributed by atoms with Gasteiger partial charge in [-0.25, -0.2) is 0 Å². The number of piperazine rings is 1. The number of non-ortho nitro benzene ring substituents is 1. The normalized spacial score (nSPS) is 23.2. The standard InChI is InChI=1S/C15H22ClN3O2/c1-3-12-10-18(13(4-2)8-17-12)9-11-5-6-14(19(20)21)7-15(11)16/h5-7,12-13,17H,3-4,8-10H2,1-2H3. The van der Waals surface area contributed by atoms with E-state index >= 15 is 0 Å². The van der Waals surface area contributed by atoms with Crippen LogP contribution >= 0.6 is 11.6 Å². The van der Waals surface area contributed by atoms with Crippen LogP contribution in [0.2, 0.25) is 5.02 Å². The number of hydrogen-bond donors (Lipinski definition) is 1. The van der Waals surface area contributed by atoms with Gasteiger partial charge in [0.25, 0.3) is 5.69 Å². The minimum Gasteiger partial charge on any atom is -0.311 e. The van der Waals surface area contributed by atoms with Gasteiger partial charge in [0.15, 0.2) is 0 Å². The number of nitrogens with one attached hydrogen (secondary N) is 1. The fourth-order valence-corrected chi connectivity index (χ4v) is 3.03. The van der Waals surface area contributed by atoms with Gasteiger partial charge in [0.1, 0.15) is 0 Å². The Morgan fingerprint density at radius 1 is 1.43 bits per heavy atom. The number of halogens is 1. The summed E-state index contributed by atoms with van der Waals surface area (Å²) in [5.74, 6) is 0. The maximum absolute atomic E-state index is 10.8. The fraction of sp³-hybridized carbons (Fsp3) is 0.600. The van der Waals surface area contributed by atoms with Gasteiger partial charge in [-0.2, -0.15) is 0 Å². The molecule has 1 fully saturated rings. The fourth-order valence-electron chi connectivity index (χ4n) is 2.79. The van der Waals surface area contributed by atoms with E-state index in [1.807, 2.05) is 0 Å². The Hall–Kier alpha value is -1.17. The van der Waals surface area contributed by atoms with Crippen LogP contribution in [0.5, 0.6) is 0 Å². The van der Waals surface area contributed by atoms with E-state index in [2.05, 4.69) is 24.1 Å². The van der Waals surface area contributed by atoms with E-state index in [0.29, 0.717) is 17.1 Å². The van der Waals surface area contributed by atoms with Crippen LogP contribution in [0.1, 0.15) is 32.3 Å². The van der Waals surface area contributed by atoms with Crippen LogP contribution in [-0.4, -0.2) is 35.0 Å². The predicted molar refractivity (Wildman–Crippen MR) is 84.7 cm³/mol. The summed E-state index contributed by atoms with van der Waals surface area (Å²) in [7, 11) is 0. The lowest BCUT2D eigenvalue weighted by Gasteiger charge is -2.40. The SMILES string of the molecule is CCC1CN(Cc2ccc([N+](=O)[O-])cc2Cl)C(CC)CN1. The number of rotatable bonds is 5. The molecule has 6 heteroatoms. The van der Waals surface area contributed by atoms with Crippen LogP contribution in [0, 0.1) is 10.1 Å². The second-order valence-electron chi connectivity index (χ2n) is 5.54.